The van der Waals surface area contributed by atoms with E-state index in [2.05, 4.69) is 4.98 Å². The maximum atomic E-state index is 11.6. The topological polar surface area (TPSA) is 32.9 Å². The zero-order chi connectivity index (χ0) is 10.3. The minimum Gasteiger partial charge on any atom is -0.360 e. The summed E-state index contributed by atoms with van der Waals surface area (Å²) < 4.78 is 0. The molecule has 0 aliphatic carbocycles. The van der Waals surface area contributed by atoms with Gasteiger partial charge in [-0.3, -0.25) is 4.79 Å². The number of benzene rings is 2. The average Bonchev–Trinajstić information content (AvgIpc) is 2.29. The van der Waals surface area contributed by atoms with Gasteiger partial charge in [-0.25, -0.2) is 0 Å². The van der Waals surface area contributed by atoms with Crippen LogP contribution in [-0.2, 0) is 0 Å². The fraction of sp³-hybridized carbons (Fsp3) is 0. The van der Waals surface area contributed by atoms with Crippen molar-refractivity contribution in [1.29, 1.82) is 0 Å². The number of pyridine rings is 1. The summed E-state index contributed by atoms with van der Waals surface area (Å²) >= 11 is 0. The summed E-state index contributed by atoms with van der Waals surface area (Å²) in [6, 6.07) is 13.4. The first kappa shape index (κ1) is 8.24. The maximum absolute atomic E-state index is 11.6. The number of rotatable bonds is 0. The first-order chi connectivity index (χ1) is 7.36. The SMILES string of the molecule is O=c1cc[nH]c2c1ccc1ccccc12. The van der Waals surface area contributed by atoms with Crippen molar-refractivity contribution in [3.8, 4) is 0 Å². The molecule has 2 nitrogen and oxygen atoms in total. The molecule has 0 amide bonds. The van der Waals surface area contributed by atoms with E-state index in [0.717, 1.165) is 21.7 Å². The molecule has 3 rings (SSSR count). The van der Waals surface area contributed by atoms with Crippen molar-refractivity contribution in [2.24, 2.45) is 0 Å². The van der Waals surface area contributed by atoms with Crippen molar-refractivity contribution in [1.82, 2.24) is 4.98 Å². The molecule has 0 saturated heterocycles. The van der Waals surface area contributed by atoms with Crippen LogP contribution in [0.4, 0.5) is 0 Å². The summed E-state index contributed by atoms with van der Waals surface area (Å²) in [6.07, 6.45) is 1.69. The van der Waals surface area contributed by atoms with Gasteiger partial charge < -0.3 is 4.98 Å². The minimum atomic E-state index is 0.0644. The quantitative estimate of drug-likeness (QED) is 0.549. The zero-order valence-corrected chi connectivity index (χ0v) is 8.03. The van der Waals surface area contributed by atoms with Crippen LogP contribution in [0.15, 0.2) is 53.5 Å². The standard InChI is InChI=1S/C13H9NO/c15-12-7-8-14-13-10-4-2-1-3-9(10)5-6-11(12)13/h1-8H,(H,14,15). The largest absolute Gasteiger partial charge is 0.360 e. The van der Waals surface area contributed by atoms with Crippen LogP contribution in [0.2, 0.25) is 0 Å². The predicted octanol–water partition coefficient (Wildman–Crippen LogP) is 2.68. The second kappa shape index (κ2) is 2.95. The lowest BCUT2D eigenvalue weighted by molar-refractivity contribution is 1.40. The number of fused-ring (bicyclic) bond motifs is 3. The highest BCUT2D eigenvalue weighted by Crippen LogP contribution is 2.20. The smallest absolute Gasteiger partial charge is 0.189 e. The molecule has 0 radical (unpaired) electrons. The van der Waals surface area contributed by atoms with Crippen molar-refractivity contribution in [2.45, 2.75) is 0 Å². The Morgan fingerprint density at radius 1 is 0.867 bits per heavy atom. The van der Waals surface area contributed by atoms with Gasteiger partial charge in [-0.1, -0.05) is 30.3 Å². The van der Waals surface area contributed by atoms with Crippen molar-refractivity contribution in [2.75, 3.05) is 0 Å². The normalized spacial score (nSPS) is 10.9. The molecule has 0 atom stereocenters. The van der Waals surface area contributed by atoms with Gasteiger partial charge in [0.1, 0.15) is 0 Å². The van der Waals surface area contributed by atoms with E-state index in [1.807, 2.05) is 36.4 Å². The summed E-state index contributed by atoms with van der Waals surface area (Å²) in [5.74, 6) is 0. The van der Waals surface area contributed by atoms with Crippen molar-refractivity contribution >= 4 is 21.7 Å². The highest BCUT2D eigenvalue weighted by molar-refractivity contribution is 6.04. The Bertz CT molecular complexity index is 697. The van der Waals surface area contributed by atoms with Crippen LogP contribution in [-0.4, -0.2) is 4.98 Å². The maximum Gasteiger partial charge on any atom is 0.189 e. The van der Waals surface area contributed by atoms with E-state index in [9.17, 15) is 4.79 Å². The van der Waals surface area contributed by atoms with Gasteiger partial charge in [0, 0.05) is 23.0 Å². The fourth-order valence-electron chi connectivity index (χ4n) is 1.92. The summed E-state index contributed by atoms with van der Waals surface area (Å²) in [4.78, 5) is 14.7. The molecular formula is C13H9NO. The second-order valence-corrected chi connectivity index (χ2v) is 3.55. The van der Waals surface area contributed by atoms with Crippen LogP contribution in [0, 0.1) is 0 Å². The van der Waals surface area contributed by atoms with Crippen LogP contribution < -0.4 is 5.43 Å². The van der Waals surface area contributed by atoms with Gasteiger partial charge in [0.05, 0.1) is 5.52 Å². The molecule has 72 valence electrons. The van der Waals surface area contributed by atoms with Gasteiger partial charge in [0.25, 0.3) is 0 Å². The Balaban J connectivity index is 2.67. The first-order valence-electron chi connectivity index (χ1n) is 4.85. The van der Waals surface area contributed by atoms with E-state index >= 15 is 0 Å². The van der Waals surface area contributed by atoms with Gasteiger partial charge in [-0.05, 0) is 11.5 Å². The van der Waals surface area contributed by atoms with Crippen LogP contribution in [0.3, 0.4) is 0 Å². The van der Waals surface area contributed by atoms with Crippen molar-refractivity contribution in [3.63, 3.8) is 0 Å². The van der Waals surface area contributed by atoms with Crippen LogP contribution in [0.1, 0.15) is 0 Å². The van der Waals surface area contributed by atoms with Gasteiger partial charge in [0.15, 0.2) is 5.43 Å². The Labute approximate surface area is 86.2 Å². The van der Waals surface area contributed by atoms with Crippen LogP contribution >= 0.6 is 0 Å². The second-order valence-electron chi connectivity index (χ2n) is 3.55. The Morgan fingerprint density at radius 3 is 2.67 bits per heavy atom. The van der Waals surface area contributed by atoms with E-state index in [4.69, 9.17) is 0 Å². The number of aromatic amines is 1. The van der Waals surface area contributed by atoms with Crippen molar-refractivity contribution < 1.29 is 0 Å². The third kappa shape index (κ3) is 1.15. The Kier molecular flexibility index (Phi) is 1.62. The van der Waals surface area contributed by atoms with Gasteiger partial charge in [-0.15, -0.1) is 0 Å². The van der Waals surface area contributed by atoms with Gasteiger partial charge in [0.2, 0.25) is 0 Å². The summed E-state index contributed by atoms with van der Waals surface area (Å²) in [6.45, 7) is 0. The molecular weight excluding hydrogens is 186 g/mol. The molecule has 2 heteroatoms. The molecule has 0 bridgehead atoms. The van der Waals surface area contributed by atoms with E-state index < -0.39 is 0 Å². The van der Waals surface area contributed by atoms with E-state index in [-0.39, 0.29) is 5.43 Å². The van der Waals surface area contributed by atoms with E-state index in [1.165, 1.54) is 0 Å². The minimum absolute atomic E-state index is 0.0644. The molecule has 2 aromatic carbocycles. The molecule has 15 heavy (non-hydrogen) atoms. The number of hydrogen-bond acceptors (Lipinski definition) is 1. The number of hydrogen-bond donors (Lipinski definition) is 1. The molecule has 0 spiro atoms. The van der Waals surface area contributed by atoms with Crippen molar-refractivity contribution in [3.05, 3.63) is 58.9 Å². The Morgan fingerprint density at radius 2 is 1.73 bits per heavy atom. The van der Waals surface area contributed by atoms with Crippen LogP contribution in [0.25, 0.3) is 21.7 Å². The molecule has 0 aliphatic heterocycles. The van der Waals surface area contributed by atoms with E-state index in [0.29, 0.717) is 0 Å². The van der Waals surface area contributed by atoms with E-state index in [1.54, 1.807) is 12.3 Å². The molecule has 1 N–H and O–H groups in total. The first-order valence-corrected chi connectivity index (χ1v) is 4.85. The molecule has 0 aliphatic rings. The molecule has 0 unspecified atom stereocenters. The average molecular weight is 195 g/mol. The summed E-state index contributed by atoms with van der Waals surface area (Å²) in [7, 11) is 0. The summed E-state index contributed by atoms with van der Waals surface area (Å²) in [5.41, 5.74) is 0.982. The lowest BCUT2D eigenvalue weighted by Gasteiger charge is -2.02. The zero-order valence-electron chi connectivity index (χ0n) is 8.03. The fourth-order valence-corrected chi connectivity index (χ4v) is 1.92. The number of H-pyrrole nitrogens is 1. The van der Waals surface area contributed by atoms with Crippen LogP contribution in [0.5, 0.6) is 0 Å². The van der Waals surface area contributed by atoms with Gasteiger partial charge >= 0.3 is 0 Å². The third-order valence-corrected chi connectivity index (χ3v) is 2.66. The lowest BCUT2D eigenvalue weighted by atomic mass is 10.1. The summed E-state index contributed by atoms with van der Waals surface area (Å²) in [5, 5.41) is 2.98. The third-order valence-electron chi connectivity index (χ3n) is 2.66. The highest BCUT2D eigenvalue weighted by Gasteiger charge is 2.01. The molecule has 0 saturated carbocycles. The number of nitrogens with one attached hydrogen (secondary N) is 1. The highest BCUT2D eigenvalue weighted by atomic mass is 16.1. The molecule has 1 aromatic heterocycles. The molecule has 3 aromatic rings. The lowest BCUT2D eigenvalue weighted by Crippen LogP contribution is -1.99. The molecule has 1 heterocycles. The predicted molar refractivity (Wildman–Crippen MR) is 62.1 cm³/mol. The monoisotopic (exact) mass is 195 g/mol. The molecule has 0 fully saturated rings. The number of aromatic nitrogens is 1. The van der Waals surface area contributed by atoms with Gasteiger partial charge in [-0.2, -0.15) is 0 Å². The Hall–Kier alpha value is -2.09.